The molecule has 0 aromatic heterocycles. The average Bonchev–Trinajstić information content (AvgIpc) is 2.75. The molecule has 0 spiro atoms. The summed E-state index contributed by atoms with van der Waals surface area (Å²) < 4.78 is 41.7. The molecule has 2 atom stereocenters. The molecule has 9 heteroatoms. The van der Waals surface area contributed by atoms with Crippen molar-refractivity contribution in [1.29, 1.82) is 0 Å². The monoisotopic (exact) mass is 434 g/mol. The first kappa shape index (κ1) is 21.8. The van der Waals surface area contributed by atoms with Crippen molar-refractivity contribution in [3.05, 3.63) is 48.5 Å². The number of carbonyl (C=O) groups is 1. The van der Waals surface area contributed by atoms with E-state index in [1.165, 1.54) is 11.4 Å². The van der Waals surface area contributed by atoms with Gasteiger partial charge in [0.25, 0.3) is 5.91 Å². The van der Waals surface area contributed by atoms with E-state index in [1.54, 1.807) is 24.3 Å². The van der Waals surface area contributed by atoms with E-state index in [9.17, 15) is 13.2 Å². The van der Waals surface area contributed by atoms with E-state index in [0.29, 0.717) is 42.5 Å². The molecule has 1 heterocycles. The first-order chi connectivity index (χ1) is 14.3. The van der Waals surface area contributed by atoms with Gasteiger partial charge in [-0.15, -0.1) is 0 Å². The second kappa shape index (κ2) is 9.25. The van der Waals surface area contributed by atoms with Crippen molar-refractivity contribution in [3.8, 4) is 17.2 Å². The summed E-state index contributed by atoms with van der Waals surface area (Å²) in [5.41, 5.74) is 0.511. The van der Waals surface area contributed by atoms with Gasteiger partial charge >= 0.3 is 0 Å². The number of benzene rings is 2. The normalized spacial score (nSPS) is 16.4. The highest BCUT2D eigenvalue weighted by atomic mass is 32.2. The van der Waals surface area contributed by atoms with Crippen LogP contribution in [0.25, 0.3) is 0 Å². The standard InChI is InChI=1S/C21H26N2O6S/c1-4-18(28-16-11-9-15(10-12-16)23(2)30(3,25)26)21(24)22-13-17-14-27-19-7-5-6-8-20(19)29-17/h5-12,17-18H,4,13-14H2,1-3H3,(H,22,24)/t17-,18-/m1/s1. The van der Waals surface area contributed by atoms with Crippen LogP contribution >= 0.6 is 0 Å². The van der Waals surface area contributed by atoms with Crippen LogP contribution in [-0.4, -0.2) is 53.0 Å². The number of nitrogens with one attached hydrogen (secondary N) is 1. The predicted molar refractivity (Wildman–Crippen MR) is 114 cm³/mol. The van der Waals surface area contributed by atoms with Crippen LogP contribution in [0.5, 0.6) is 17.2 Å². The van der Waals surface area contributed by atoms with E-state index in [0.717, 1.165) is 6.26 Å². The van der Waals surface area contributed by atoms with E-state index < -0.39 is 16.1 Å². The number of ether oxygens (including phenoxy) is 3. The number of carbonyl (C=O) groups excluding carboxylic acids is 1. The van der Waals surface area contributed by atoms with Crippen LogP contribution < -0.4 is 23.8 Å². The molecule has 1 aliphatic rings. The van der Waals surface area contributed by atoms with Crippen LogP contribution in [0.3, 0.4) is 0 Å². The molecule has 0 unspecified atom stereocenters. The van der Waals surface area contributed by atoms with Gasteiger partial charge in [-0.2, -0.15) is 0 Å². The van der Waals surface area contributed by atoms with Gasteiger partial charge in [0.1, 0.15) is 18.5 Å². The molecular weight excluding hydrogens is 408 g/mol. The van der Waals surface area contributed by atoms with Crippen molar-refractivity contribution < 1.29 is 27.4 Å². The maximum absolute atomic E-state index is 12.6. The van der Waals surface area contributed by atoms with Crippen LogP contribution in [-0.2, 0) is 14.8 Å². The minimum absolute atomic E-state index is 0.253. The molecule has 30 heavy (non-hydrogen) atoms. The van der Waals surface area contributed by atoms with Gasteiger partial charge in [-0.3, -0.25) is 9.10 Å². The number of rotatable bonds is 8. The average molecular weight is 435 g/mol. The molecule has 1 N–H and O–H groups in total. The van der Waals surface area contributed by atoms with Crippen molar-refractivity contribution in [1.82, 2.24) is 5.32 Å². The van der Waals surface area contributed by atoms with Gasteiger partial charge in [-0.05, 0) is 42.8 Å². The number of sulfonamides is 1. The summed E-state index contributed by atoms with van der Waals surface area (Å²) >= 11 is 0. The molecule has 1 amide bonds. The minimum Gasteiger partial charge on any atom is -0.486 e. The molecule has 0 aliphatic carbocycles. The molecule has 0 saturated heterocycles. The summed E-state index contributed by atoms with van der Waals surface area (Å²) in [7, 11) is -1.87. The van der Waals surface area contributed by atoms with Crippen molar-refractivity contribution in [3.63, 3.8) is 0 Å². The number of para-hydroxylation sites is 2. The lowest BCUT2D eigenvalue weighted by Gasteiger charge is -2.27. The maximum atomic E-state index is 12.6. The summed E-state index contributed by atoms with van der Waals surface area (Å²) in [6.45, 7) is 2.50. The lowest BCUT2D eigenvalue weighted by Crippen LogP contribution is -2.45. The van der Waals surface area contributed by atoms with Crippen molar-refractivity contribution in [2.24, 2.45) is 0 Å². The summed E-state index contributed by atoms with van der Waals surface area (Å²) in [4.78, 5) is 12.6. The van der Waals surface area contributed by atoms with Crippen LogP contribution in [0.15, 0.2) is 48.5 Å². The molecule has 3 rings (SSSR count). The third-order valence-electron chi connectivity index (χ3n) is 4.71. The molecule has 0 radical (unpaired) electrons. The minimum atomic E-state index is -3.34. The Kier molecular flexibility index (Phi) is 6.71. The number of hydrogen-bond donors (Lipinski definition) is 1. The van der Waals surface area contributed by atoms with Crippen LogP contribution in [0, 0.1) is 0 Å². The second-order valence-corrected chi connectivity index (χ2v) is 9.00. The van der Waals surface area contributed by atoms with Gasteiger partial charge in [-0.1, -0.05) is 19.1 Å². The molecule has 162 valence electrons. The molecule has 0 fully saturated rings. The SMILES string of the molecule is CC[C@@H](Oc1ccc(N(C)S(C)(=O)=O)cc1)C(=O)NC[C@@H]1COc2ccccc2O1. The molecule has 8 nitrogen and oxygen atoms in total. The molecule has 1 aliphatic heterocycles. The van der Waals surface area contributed by atoms with Crippen molar-refractivity contribution in [2.45, 2.75) is 25.6 Å². The molecule has 2 aromatic carbocycles. The molecular formula is C21H26N2O6S. The Bertz CT molecular complexity index is 977. The summed E-state index contributed by atoms with van der Waals surface area (Å²) in [6.07, 6.45) is 0.642. The second-order valence-electron chi connectivity index (χ2n) is 6.98. The fraction of sp³-hybridized carbons (Fsp3) is 0.381. The van der Waals surface area contributed by atoms with Crippen LogP contribution in [0.4, 0.5) is 5.69 Å². The predicted octanol–water partition coefficient (Wildman–Crippen LogP) is 2.20. The van der Waals surface area contributed by atoms with Crippen molar-refractivity contribution in [2.75, 3.05) is 30.8 Å². The summed E-state index contributed by atoms with van der Waals surface area (Å²) in [5, 5.41) is 2.85. The van der Waals surface area contributed by atoms with Gasteiger partial charge in [0.15, 0.2) is 17.6 Å². The molecule has 0 saturated carbocycles. The molecule has 0 bridgehead atoms. The zero-order valence-electron chi connectivity index (χ0n) is 17.2. The lowest BCUT2D eigenvalue weighted by molar-refractivity contribution is -0.128. The van der Waals surface area contributed by atoms with E-state index in [-0.39, 0.29) is 12.0 Å². The number of hydrogen-bond acceptors (Lipinski definition) is 6. The Morgan fingerprint density at radius 2 is 1.87 bits per heavy atom. The fourth-order valence-corrected chi connectivity index (χ4v) is 3.41. The third kappa shape index (κ3) is 5.35. The van der Waals surface area contributed by atoms with Crippen molar-refractivity contribution >= 4 is 21.6 Å². The van der Waals surface area contributed by atoms with Gasteiger partial charge < -0.3 is 19.5 Å². The molecule has 2 aromatic rings. The van der Waals surface area contributed by atoms with Gasteiger partial charge in [-0.25, -0.2) is 8.42 Å². The van der Waals surface area contributed by atoms with Crippen LogP contribution in [0.1, 0.15) is 13.3 Å². The third-order valence-corrected chi connectivity index (χ3v) is 5.92. The largest absolute Gasteiger partial charge is 0.486 e. The summed E-state index contributed by atoms with van der Waals surface area (Å²) in [6, 6.07) is 13.9. The van der Waals surface area contributed by atoms with Gasteiger partial charge in [0, 0.05) is 7.05 Å². The smallest absolute Gasteiger partial charge is 0.261 e. The Hall–Kier alpha value is -2.94. The van der Waals surface area contributed by atoms with E-state index >= 15 is 0 Å². The zero-order chi connectivity index (χ0) is 21.7. The Morgan fingerprint density at radius 3 is 2.50 bits per heavy atom. The van der Waals surface area contributed by atoms with E-state index in [1.807, 2.05) is 31.2 Å². The van der Waals surface area contributed by atoms with Gasteiger partial charge in [0.2, 0.25) is 10.0 Å². The number of nitrogens with zero attached hydrogens (tertiary/aromatic N) is 1. The highest BCUT2D eigenvalue weighted by Crippen LogP contribution is 2.30. The highest BCUT2D eigenvalue weighted by Gasteiger charge is 2.24. The van der Waals surface area contributed by atoms with E-state index in [2.05, 4.69) is 5.32 Å². The lowest BCUT2D eigenvalue weighted by atomic mass is 10.2. The Labute approximate surface area is 176 Å². The van der Waals surface area contributed by atoms with Crippen LogP contribution in [0.2, 0.25) is 0 Å². The summed E-state index contributed by atoms with van der Waals surface area (Å²) in [5.74, 6) is 1.58. The first-order valence-electron chi connectivity index (χ1n) is 9.64. The maximum Gasteiger partial charge on any atom is 0.261 e. The number of fused-ring (bicyclic) bond motifs is 1. The Morgan fingerprint density at radius 1 is 1.20 bits per heavy atom. The quantitative estimate of drug-likeness (QED) is 0.685. The van der Waals surface area contributed by atoms with E-state index in [4.69, 9.17) is 14.2 Å². The number of amides is 1. The topological polar surface area (TPSA) is 94.2 Å². The first-order valence-corrected chi connectivity index (χ1v) is 11.5. The Balaban J connectivity index is 1.54. The fourth-order valence-electron chi connectivity index (χ4n) is 2.90. The highest BCUT2D eigenvalue weighted by molar-refractivity contribution is 7.92. The van der Waals surface area contributed by atoms with Gasteiger partial charge in [0.05, 0.1) is 18.5 Å². The zero-order valence-corrected chi connectivity index (χ0v) is 18.0. The number of anilines is 1.